The molecule has 1 N–H and O–H groups in total. The van der Waals surface area contributed by atoms with Gasteiger partial charge in [-0.2, -0.15) is 0 Å². The van der Waals surface area contributed by atoms with Gasteiger partial charge >= 0.3 is 0 Å². The number of benzene rings is 1. The quantitative estimate of drug-likeness (QED) is 0.745. The Morgan fingerprint density at radius 1 is 1.35 bits per heavy atom. The highest BCUT2D eigenvalue weighted by Gasteiger charge is 2.11. The summed E-state index contributed by atoms with van der Waals surface area (Å²) in [6.07, 6.45) is 3.11. The molecule has 102 valence electrons. The number of para-hydroxylation sites is 1. The van der Waals surface area contributed by atoms with Crippen molar-refractivity contribution in [3.63, 3.8) is 0 Å². The predicted molar refractivity (Wildman–Crippen MR) is 74.9 cm³/mol. The van der Waals surface area contributed by atoms with Crippen LogP contribution < -0.4 is 10.1 Å². The second-order valence-corrected chi connectivity index (χ2v) is 4.32. The van der Waals surface area contributed by atoms with E-state index in [0.29, 0.717) is 29.5 Å². The highest BCUT2D eigenvalue weighted by molar-refractivity contribution is 6.29. The Hall–Kier alpha value is -2.34. The van der Waals surface area contributed by atoms with Gasteiger partial charge < -0.3 is 14.5 Å². The zero-order valence-electron chi connectivity index (χ0n) is 10.6. The summed E-state index contributed by atoms with van der Waals surface area (Å²) in [7, 11) is 1.59. The van der Waals surface area contributed by atoms with Gasteiger partial charge in [0.25, 0.3) is 0 Å². The van der Waals surface area contributed by atoms with Crippen LogP contribution in [-0.2, 0) is 6.54 Å². The van der Waals surface area contributed by atoms with Gasteiger partial charge in [-0.25, -0.2) is 15.0 Å². The van der Waals surface area contributed by atoms with Crippen molar-refractivity contribution in [2.75, 3.05) is 12.4 Å². The molecule has 0 aliphatic rings. The van der Waals surface area contributed by atoms with Gasteiger partial charge in [0.1, 0.15) is 23.3 Å². The normalized spacial score (nSPS) is 10.7. The van der Waals surface area contributed by atoms with E-state index >= 15 is 0 Å². The molecule has 0 aliphatic heterocycles. The minimum atomic E-state index is 0.150. The van der Waals surface area contributed by atoms with Crippen molar-refractivity contribution in [2.45, 2.75) is 6.54 Å². The van der Waals surface area contributed by atoms with E-state index < -0.39 is 0 Å². The molecule has 3 aromatic rings. The third kappa shape index (κ3) is 2.37. The van der Waals surface area contributed by atoms with Crippen molar-refractivity contribution in [3.8, 4) is 5.75 Å². The first-order valence-corrected chi connectivity index (χ1v) is 6.28. The smallest absolute Gasteiger partial charge is 0.225 e. The van der Waals surface area contributed by atoms with Gasteiger partial charge in [0.15, 0.2) is 0 Å². The number of methoxy groups -OCH3 is 1. The van der Waals surface area contributed by atoms with Crippen molar-refractivity contribution in [2.24, 2.45) is 0 Å². The number of nitrogens with zero attached hydrogens (tertiary/aromatic N) is 3. The zero-order chi connectivity index (χ0) is 13.9. The van der Waals surface area contributed by atoms with Crippen LogP contribution in [0.5, 0.6) is 5.75 Å². The molecule has 0 saturated heterocycles. The Bertz CT molecular complexity index is 731. The van der Waals surface area contributed by atoms with Gasteiger partial charge in [-0.3, -0.25) is 0 Å². The lowest BCUT2D eigenvalue weighted by Crippen LogP contribution is -2.04. The average molecular weight is 291 g/mol. The van der Waals surface area contributed by atoms with Crippen molar-refractivity contribution in [1.82, 2.24) is 15.0 Å². The molecule has 0 amide bonds. The summed E-state index contributed by atoms with van der Waals surface area (Å²) < 4.78 is 10.4. The van der Waals surface area contributed by atoms with E-state index in [1.165, 1.54) is 6.26 Å². The SMILES string of the molecule is COc1cccc2c(NCc3ncco3)nc(Cl)nc12. The van der Waals surface area contributed by atoms with Gasteiger partial charge in [0.2, 0.25) is 11.2 Å². The number of aromatic nitrogens is 3. The lowest BCUT2D eigenvalue weighted by molar-refractivity contribution is 0.419. The number of hydrogen-bond acceptors (Lipinski definition) is 6. The van der Waals surface area contributed by atoms with E-state index in [1.807, 2.05) is 18.2 Å². The molecule has 20 heavy (non-hydrogen) atoms. The maximum absolute atomic E-state index is 5.96. The maximum atomic E-state index is 5.96. The third-order valence-electron chi connectivity index (χ3n) is 2.77. The lowest BCUT2D eigenvalue weighted by Gasteiger charge is -2.09. The van der Waals surface area contributed by atoms with Crippen LogP contribution in [-0.4, -0.2) is 22.1 Å². The van der Waals surface area contributed by atoms with Crippen LogP contribution in [0, 0.1) is 0 Å². The van der Waals surface area contributed by atoms with Gasteiger partial charge in [0, 0.05) is 5.39 Å². The van der Waals surface area contributed by atoms with E-state index in [0.717, 1.165) is 5.39 Å². The predicted octanol–water partition coefficient (Wildman–Crippen LogP) is 2.89. The first-order valence-electron chi connectivity index (χ1n) is 5.90. The molecule has 0 bridgehead atoms. The van der Waals surface area contributed by atoms with Crippen LogP contribution in [0.15, 0.2) is 35.1 Å². The minimum Gasteiger partial charge on any atom is -0.494 e. The number of ether oxygens (including phenoxy) is 1. The van der Waals surface area contributed by atoms with E-state index in [-0.39, 0.29) is 5.28 Å². The van der Waals surface area contributed by atoms with Crippen molar-refractivity contribution >= 4 is 28.3 Å². The summed E-state index contributed by atoms with van der Waals surface area (Å²) in [5.74, 6) is 1.82. The average Bonchev–Trinajstić information content (AvgIpc) is 2.97. The highest BCUT2D eigenvalue weighted by Crippen LogP contribution is 2.29. The van der Waals surface area contributed by atoms with E-state index in [4.69, 9.17) is 20.8 Å². The largest absolute Gasteiger partial charge is 0.494 e. The topological polar surface area (TPSA) is 73.1 Å². The molecular weight excluding hydrogens is 280 g/mol. The Morgan fingerprint density at radius 2 is 2.25 bits per heavy atom. The number of halogens is 1. The molecule has 0 atom stereocenters. The van der Waals surface area contributed by atoms with Crippen LogP contribution in [0.4, 0.5) is 5.82 Å². The molecule has 0 spiro atoms. The highest BCUT2D eigenvalue weighted by atomic mass is 35.5. The van der Waals surface area contributed by atoms with Crippen molar-refractivity contribution < 1.29 is 9.15 Å². The molecule has 0 aliphatic carbocycles. The first kappa shape index (κ1) is 12.7. The van der Waals surface area contributed by atoms with Crippen LogP contribution in [0.2, 0.25) is 5.28 Å². The molecule has 0 saturated carbocycles. The van der Waals surface area contributed by atoms with Gasteiger partial charge in [-0.05, 0) is 23.7 Å². The fraction of sp³-hybridized carbons (Fsp3) is 0.154. The van der Waals surface area contributed by atoms with Crippen LogP contribution in [0.25, 0.3) is 10.9 Å². The fourth-order valence-corrected chi connectivity index (χ4v) is 2.07. The maximum Gasteiger partial charge on any atom is 0.225 e. The second-order valence-electron chi connectivity index (χ2n) is 3.98. The number of oxazole rings is 1. The van der Waals surface area contributed by atoms with E-state index in [1.54, 1.807) is 13.3 Å². The molecule has 0 unspecified atom stereocenters. The molecule has 2 heterocycles. The summed E-state index contributed by atoms with van der Waals surface area (Å²) in [5, 5.41) is 4.10. The summed E-state index contributed by atoms with van der Waals surface area (Å²) >= 11 is 5.96. The summed E-state index contributed by atoms with van der Waals surface area (Å²) in [4.78, 5) is 12.4. The van der Waals surface area contributed by atoms with Gasteiger partial charge in [-0.1, -0.05) is 6.07 Å². The second kappa shape index (κ2) is 5.34. The Balaban J connectivity index is 2.01. The fourth-order valence-electron chi connectivity index (χ4n) is 1.90. The van der Waals surface area contributed by atoms with Crippen LogP contribution in [0.3, 0.4) is 0 Å². The molecule has 2 aromatic heterocycles. The third-order valence-corrected chi connectivity index (χ3v) is 2.94. The summed E-state index contributed by atoms with van der Waals surface area (Å²) in [5.41, 5.74) is 0.657. The van der Waals surface area contributed by atoms with Gasteiger partial charge in [-0.15, -0.1) is 0 Å². The Kier molecular flexibility index (Phi) is 3.39. The molecular formula is C13H11ClN4O2. The van der Waals surface area contributed by atoms with Crippen molar-refractivity contribution in [1.29, 1.82) is 0 Å². The number of hydrogen-bond donors (Lipinski definition) is 1. The van der Waals surface area contributed by atoms with Crippen LogP contribution >= 0.6 is 11.6 Å². The molecule has 0 fully saturated rings. The standard InChI is InChI=1S/C13H11ClN4O2/c1-19-9-4-2-3-8-11(9)17-13(14)18-12(8)16-7-10-15-5-6-20-10/h2-6H,7H2,1H3,(H,16,17,18). The van der Waals surface area contributed by atoms with E-state index in [9.17, 15) is 0 Å². The Morgan fingerprint density at radius 3 is 3.00 bits per heavy atom. The number of nitrogens with one attached hydrogen (secondary N) is 1. The molecule has 1 aromatic carbocycles. The van der Waals surface area contributed by atoms with Crippen LogP contribution in [0.1, 0.15) is 5.89 Å². The molecule has 6 nitrogen and oxygen atoms in total. The number of anilines is 1. The number of rotatable bonds is 4. The van der Waals surface area contributed by atoms with Gasteiger partial charge in [0.05, 0.1) is 19.9 Å². The van der Waals surface area contributed by atoms with Crippen molar-refractivity contribution in [3.05, 3.63) is 41.8 Å². The first-order chi connectivity index (χ1) is 9.78. The number of fused-ring (bicyclic) bond motifs is 1. The lowest BCUT2D eigenvalue weighted by atomic mass is 10.2. The molecule has 3 rings (SSSR count). The summed E-state index contributed by atoms with van der Waals surface area (Å²) in [6.45, 7) is 0.409. The molecule has 7 heteroatoms. The van der Waals surface area contributed by atoms with E-state index in [2.05, 4.69) is 20.3 Å². The Labute approximate surface area is 119 Å². The minimum absolute atomic E-state index is 0.150. The molecule has 0 radical (unpaired) electrons. The summed E-state index contributed by atoms with van der Waals surface area (Å²) in [6, 6.07) is 5.59. The zero-order valence-corrected chi connectivity index (χ0v) is 11.4. The monoisotopic (exact) mass is 290 g/mol.